The SMILES string of the molecule is COCCNc1nc(NCCc2ccccc2)c(NNc2cccc3c(=O)c4c(=O)ccc(=O)c=4c(=O)c23)c(C)c1C#N. The smallest absolute Gasteiger partial charge is 0.200 e. The molecule has 0 spiro atoms. The van der Waals surface area contributed by atoms with E-state index in [2.05, 4.69) is 32.5 Å². The Hall–Kier alpha value is -5.60. The third kappa shape index (κ3) is 5.64. The van der Waals surface area contributed by atoms with Gasteiger partial charge in [-0.05, 0) is 42.7 Å². The van der Waals surface area contributed by atoms with Crippen molar-refractivity contribution in [3.8, 4) is 6.07 Å². The molecule has 0 saturated heterocycles. The zero-order valence-corrected chi connectivity index (χ0v) is 23.5. The predicted molar refractivity (Wildman–Crippen MR) is 167 cm³/mol. The largest absolute Gasteiger partial charge is 0.383 e. The molecule has 5 rings (SSSR count). The lowest BCUT2D eigenvalue weighted by molar-refractivity contribution is 0.210. The summed E-state index contributed by atoms with van der Waals surface area (Å²) in [6.07, 6.45) is 0.711. The minimum absolute atomic E-state index is 0.0125. The number of anilines is 4. The summed E-state index contributed by atoms with van der Waals surface area (Å²) in [5, 5.41) is 15.6. The molecule has 0 radical (unpaired) electrons. The first-order chi connectivity index (χ1) is 20.8. The second-order valence-electron chi connectivity index (χ2n) is 9.83. The van der Waals surface area contributed by atoms with Gasteiger partial charge in [0.05, 0.1) is 33.7 Å². The Morgan fingerprint density at radius 1 is 0.814 bits per heavy atom. The number of hydrogen-bond donors (Lipinski definition) is 4. The number of benzene rings is 2. The van der Waals surface area contributed by atoms with Crippen LogP contribution in [0.1, 0.15) is 16.7 Å². The van der Waals surface area contributed by atoms with E-state index in [1.165, 1.54) is 6.07 Å². The van der Waals surface area contributed by atoms with Crippen molar-refractivity contribution >= 4 is 33.8 Å². The first-order valence-electron chi connectivity index (χ1n) is 13.6. The van der Waals surface area contributed by atoms with E-state index in [1.54, 1.807) is 26.2 Å². The molecule has 1 heterocycles. The van der Waals surface area contributed by atoms with Crippen LogP contribution < -0.4 is 43.2 Å². The molecule has 0 amide bonds. The van der Waals surface area contributed by atoms with E-state index in [0.717, 1.165) is 17.7 Å². The van der Waals surface area contributed by atoms with Crippen molar-refractivity contribution in [1.82, 2.24) is 4.98 Å². The van der Waals surface area contributed by atoms with Gasteiger partial charge in [0.15, 0.2) is 22.1 Å². The average molecular weight is 577 g/mol. The molecule has 0 fully saturated rings. The number of nitriles is 1. The fraction of sp³-hybridized carbons (Fsp3) is 0.188. The molecule has 3 aromatic rings. The van der Waals surface area contributed by atoms with E-state index in [0.29, 0.717) is 54.6 Å². The molecule has 11 nitrogen and oxygen atoms in total. The molecule has 0 atom stereocenters. The highest BCUT2D eigenvalue weighted by molar-refractivity contribution is 5.94. The third-order valence-corrected chi connectivity index (χ3v) is 7.15. The van der Waals surface area contributed by atoms with E-state index in [4.69, 9.17) is 4.74 Å². The number of hydrogen-bond acceptors (Lipinski definition) is 11. The topological polar surface area (TPSA) is 162 Å². The molecule has 4 N–H and O–H groups in total. The number of rotatable bonds is 11. The minimum Gasteiger partial charge on any atom is -0.383 e. The molecule has 2 aromatic carbocycles. The van der Waals surface area contributed by atoms with E-state index in [9.17, 15) is 24.4 Å². The van der Waals surface area contributed by atoms with Gasteiger partial charge >= 0.3 is 0 Å². The van der Waals surface area contributed by atoms with Gasteiger partial charge in [-0.15, -0.1) is 0 Å². The summed E-state index contributed by atoms with van der Waals surface area (Å²) in [6.45, 7) is 3.15. The highest BCUT2D eigenvalue weighted by atomic mass is 16.5. The Morgan fingerprint density at radius 3 is 2.21 bits per heavy atom. The maximum Gasteiger partial charge on any atom is 0.200 e. The van der Waals surface area contributed by atoms with Gasteiger partial charge in [0.2, 0.25) is 5.43 Å². The number of pyridine rings is 1. The first-order valence-corrected chi connectivity index (χ1v) is 13.6. The number of nitrogens with zero attached hydrogens (tertiary/aromatic N) is 2. The van der Waals surface area contributed by atoms with Gasteiger partial charge in [-0.1, -0.05) is 42.5 Å². The molecule has 0 aliphatic heterocycles. The maximum absolute atomic E-state index is 13.5. The standard InChI is InChI=1S/C32H28N6O5/c1-18-21(17-33)31(35-15-16-43-2)36-32(34-14-13-19-7-4-3-5-8-19)28(18)38-37-22-10-6-9-20-25(22)30(42)27-24(40)12-11-23(39)26(27)29(20)41/h3-12,37-38H,13-16H2,1-2H3,(H2,34,35,36). The van der Waals surface area contributed by atoms with Crippen LogP contribution in [0.25, 0.3) is 10.8 Å². The molecule has 2 aliphatic rings. The van der Waals surface area contributed by atoms with Crippen molar-refractivity contribution in [1.29, 1.82) is 5.26 Å². The zero-order chi connectivity index (χ0) is 30.5. The molecule has 11 heteroatoms. The van der Waals surface area contributed by atoms with Crippen LogP contribution in [0.15, 0.2) is 79.8 Å². The molecule has 1 aromatic heterocycles. The van der Waals surface area contributed by atoms with Crippen molar-refractivity contribution in [2.24, 2.45) is 0 Å². The molecule has 43 heavy (non-hydrogen) atoms. The van der Waals surface area contributed by atoms with Crippen molar-refractivity contribution < 1.29 is 4.74 Å². The molecule has 216 valence electrons. The van der Waals surface area contributed by atoms with Crippen molar-refractivity contribution in [3.63, 3.8) is 0 Å². The maximum atomic E-state index is 13.5. The molecular formula is C32H28N6O5. The second kappa shape index (κ2) is 12.5. The lowest BCUT2D eigenvalue weighted by Crippen LogP contribution is -2.28. The Labute approximate surface area is 245 Å². The van der Waals surface area contributed by atoms with Gasteiger partial charge in [-0.25, -0.2) is 4.98 Å². The summed E-state index contributed by atoms with van der Waals surface area (Å²) in [7, 11) is 1.58. The van der Waals surface area contributed by atoms with Gasteiger partial charge < -0.3 is 15.4 Å². The fourth-order valence-electron chi connectivity index (χ4n) is 4.99. The number of aromatic nitrogens is 1. The summed E-state index contributed by atoms with van der Waals surface area (Å²) < 4.78 is 5.12. The summed E-state index contributed by atoms with van der Waals surface area (Å²) in [5.41, 5.74) is 5.95. The molecular weight excluding hydrogens is 548 g/mol. The van der Waals surface area contributed by atoms with E-state index < -0.39 is 32.2 Å². The van der Waals surface area contributed by atoms with Crippen LogP contribution in [0.5, 0.6) is 0 Å². The lowest BCUT2D eigenvalue weighted by atomic mass is 10.0. The summed E-state index contributed by atoms with van der Waals surface area (Å²) in [5.74, 6) is 0.825. The van der Waals surface area contributed by atoms with E-state index in [1.807, 2.05) is 30.3 Å². The first kappa shape index (κ1) is 28.9. The fourth-order valence-corrected chi connectivity index (χ4v) is 4.99. The van der Waals surface area contributed by atoms with Crippen molar-refractivity contribution in [2.75, 3.05) is 48.3 Å². The Morgan fingerprint density at radius 2 is 1.51 bits per heavy atom. The van der Waals surface area contributed by atoms with Crippen LogP contribution in [0, 0.1) is 28.7 Å². The van der Waals surface area contributed by atoms with E-state index in [-0.39, 0.29) is 16.5 Å². The van der Waals surface area contributed by atoms with Crippen LogP contribution in [0.2, 0.25) is 0 Å². The van der Waals surface area contributed by atoms with Gasteiger partial charge in [0.25, 0.3) is 0 Å². The summed E-state index contributed by atoms with van der Waals surface area (Å²) in [6, 6.07) is 18.7. The number of fused-ring (bicyclic) bond motifs is 1. The van der Waals surface area contributed by atoms with Crippen LogP contribution in [0.4, 0.5) is 23.0 Å². The molecule has 0 bridgehead atoms. The van der Waals surface area contributed by atoms with Gasteiger partial charge in [-0.3, -0.25) is 30.0 Å². The summed E-state index contributed by atoms with van der Waals surface area (Å²) in [4.78, 5) is 56.4. The van der Waals surface area contributed by atoms with Gasteiger partial charge in [-0.2, -0.15) is 5.26 Å². The van der Waals surface area contributed by atoms with Crippen LogP contribution in [-0.4, -0.2) is 31.8 Å². The summed E-state index contributed by atoms with van der Waals surface area (Å²) >= 11 is 0. The monoisotopic (exact) mass is 576 g/mol. The molecule has 0 saturated carbocycles. The second-order valence-corrected chi connectivity index (χ2v) is 9.83. The highest BCUT2D eigenvalue weighted by Gasteiger charge is 2.19. The van der Waals surface area contributed by atoms with Gasteiger partial charge in [0, 0.05) is 25.6 Å². The number of nitrogens with one attached hydrogen (secondary N) is 4. The molecule has 2 aliphatic carbocycles. The predicted octanol–water partition coefficient (Wildman–Crippen LogP) is 2.61. The van der Waals surface area contributed by atoms with Crippen molar-refractivity contribution in [3.05, 3.63) is 129 Å². The van der Waals surface area contributed by atoms with Crippen LogP contribution in [0.3, 0.4) is 0 Å². The third-order valence-electron chi connectivity index (χ3n) is 7.15. The molecule has 0 unspecified atom stereocenters. The Kier molecular flexibility index (Phi) is 8.41. The highest BCUT2D eigenvalue weighted by Crippen LogP contribution is 2.32. The van der Waals surface area contributed by atoms with Gasteiger partial charge in [0.1, 0.15) is 17.6 Å². The number of ether oxygens (including phenoxy) is 1. The minimum atomic E-state index is -0.719. The number of methoxy groups -OCH3 is 1. The number of hydrazine groups is 1. The Balaban J connectivity index is 1.57. The normalized spacial score (nSPS) is 10.9. The van der Waals surface area contributed by atoms with Crippen LogP contribution >= 0.6 is 0 Å². The van der Waals surface area contributed by atoms with Crippen molar-refractivity contribution in [2.45, 2.75) is 13.3 Å². The van der Waals surface area contributed by atoms with E-state index >= 15 is 0 Å². The zero-order valence-electron chi connectivity index (χ0n) is 23.5. The lowest BCUT2D eigenvalue weighted by Gasteiger charge is -2.20. The van der Waals surface area contributed by atoms with Crippen LogP contribution in [-0.2, 0) is 11.2 Å². The Bertz CT molecular complexity index is 2140. The average Bonchev–Trinajstić information content (AvgIpc) is 3.01. The quantitative estimate of drug-likeness (QED) is 0.135.